The van der Waals surface area contributed by atoms with E-state index in [-0.39, 0.29) is 17.6 Å². The molecule has 1 atom stereocenters. The van der Waals surface area contributed by atoms with Gasteiger partial charge in [-0.3, -0.25) is 4.79 Å². The average Bonchev–Trinajstić information content (AvgIpc) is 2.79. The molecule has 5 nitrogen and oxygen atoms in total. The van der Waals surface area contributed by atoms with Crippen LogP contribution in [0.15, 0.2) is 60.8 Å². The highest BCUT2D eigenvalue weighted by Crippen LogP contribution is 2.34. The van der Waals surface area contributed by atoms with Crippen molar-refractivity contribution in [3.05, 3.63) is 77.9 Å². The fourth-order valence-corrected chi connectivity index (χ4v) is 3.91. The Morgan fingerprint density at radius 1 is 1.10 bits per heavy atom. The Morgan fingerprint density at radius 3 is 2.53 bits per heavy atom. The quantitative estimate of drug-likeness (QED) is 0.648. The molecular formula is C24H25FN4O. The third kappa shape index (κ3) is 4.17. The Labute approximate surface area is 176 Å². The van der Waals surface area contributed by atoms with Crippen LogP contribution in [0.1, 0.15) is 34.8 Å². The normalized spacial score (nSPS) is 16.4. The van der Waals surface area contributed by atoms with Gasteiger partial charge in [-0.15, -0.1) is 0 Å². The molecule has 1 aliphatic heterocycles. The molecule has 1 aliphatic rings. The van der Waals surface area contributed by atoms with Gasteiger partial charge in [-0.05, 0) is 42.7 Å². The molecule has 2 heterocycles. The first-order valence-electron chi connectivity index (χ1n) is 10.2. The molecule has 0 aliphatic carbocycles. The molecule has 1 amide bonds. The molecular weight excluding hydrogens is 379 g/mol. The molecule has 3 aromatic rings. The summed E-state index contributed by atoms with van der Waals surface area (Å²) in [6, 6.07) is 15.8. The summed E-state index contributed by atoms with van der Waals surface area (Å²) in [6.45, 7) is 1.34. The zero-order chi connectivity index (χ0) is 21.1. The summed E-state index contributed by atoms with van der Waals surface area (Å²) >= 11 is 0. The van der Waals surface area contributed by atoms with Crippen molar-refractivity contribution >= 4 is 11.9 Å². The second-order valence-electron chi connectivity index (χ2n) is 7.83. The summed E-state index contributed by atoms with van der Waals surface area (Å²) in [6.07, 6.45) is 3.66. The SMILES string of the molecule is CN(C)c1ncc(-c2ccc(F)cc2)c([C@@H]2CCCN(C(=O)c3ccccc3)C2)n1. The van der Waals surface area contributed by atoms with E-state index in [0.717, 1.165) is 36.2 Å². The number of halogens is 1. The molecule has 1 saturated heterocycles. The van der Waals surface area contributed by atoms with Gasteiger partial charge in [0, 0.05) is 50.4 Å². The Morgan fingerprint density at radius 2 is 1.83 bits per heavy atom. The van der Waals surface area contributed by atoms with Gasteiger partial charge in [-0.1, -0.05) is 30.3 Å². The predicted octanol–water partition coefficient (Wildman–Crippen LogP) is 4.37. The monoisotopic (exact) mass is 404 g/mol. The fraction of sp³-hybridized carbons (Fsp3) is 0.292. The molecule has 0 radical (unpaired) electrons. The number of anilines is 1. The molecule has 0 bridgehead atoms. The van der Waals surface area contributed by atoms with Crippen LogP contribution in [0.2, 0.25) is 0 Å². The van der Waals surface area contributed by atoms with Crippen molar-refractivity contribution < 1.29 is 9.18 Å². The number of carbonyl (C=O) groups excluding carboxylic acids is 1. The van der Waals surface area contributed by atoms with Crippen molar-refractivity contribution in [2.75, 3.05) is 32.1 Å². The van der Waals surface area contributed by atoms with Crippen LogP contribution in [-0.4, -0.2) is 48.0 Å². The molecule has 0 unspecified atom stereocenters. The summed E-state index contributed by atoms with van der Waals surface area (Å²) in [7, 11) is 3.81. The highest BCUT2D eigenvalue weighted by atomic mass is 19.1. The third-order valence-corrected chi connectivity index (χ3v) is 5.48. The number of piperidine rings is 1. The Bertz CT molecular complexity index is 1020. The maximum absolute atomic E-state index is 13.4. The molecule has 30 heavy (non-hydrogen) atoms. The van der Waals surface area contributed by atoms with Gasteiger partial charge >= 0.3 is 0 Å². The number of aromatic nitrogens is 2. The van der Waals surface area contributed by atoms with Crippen molar-refractivity contribution in [1.82, 2.24) is 14.9 Å². The number of amides is 1. The lowest BCUT2D eigenvalue weighted by Gasteiger charge is -2.33. The summed E-state index contributed by atoms with van der Waals surface area (Å²) in [5.41, 5.74) is 3.38. The zero-order valence-corrected chi connectivity index (χ0v) is 17.3. The highest BCUT2D eigenvalue weighted by molar-refractivity contribution is 5.94. The topological polar surface area (TPSA) is 49.3 Å². The summed E-state index contributed by atoms with van der Waals surface area (Å²) in [5.74, 6) is 0.490. The van der Waals surface area contributed by atoms with Crippen LogP contribution in [0, 0.1) is 5.82 Å². The van der Waals surface area contributed by atoms with E-state index < -0.39 is 0 Å². The number of hydrogen-bond donors (Lipinski definition) is 0. The van der Waals surface area contributed by atoms with Gasteiger partial charge in [0.15, 0.2) is 0 Å². The van der Waals surface area contributed by atoms with Crippen molar-refractivity contribution in [3.8, 4) is 11.1 Å². The van der Waals surface area contributed by atoms with Crippen LogP contribution < -0.4 is 4.90 Å². The van der Waals surface area contributed by atoms with Gasteiger partial charge in [0.05, 0.1) is 5.69 Å². The van der Waals surface area contributed by atoms with Gasteiger partial charge in [-0.25, -0.2) is 14.4 Å². The lowest BCUT2D eigenvalue weighted by Crippen LogP contribution is -2.39. The Kier molecular flexibility index (Phi) is 5.74. The Hall–Kier alpha value is -3.28. The van der Waals surface area contributed by atoms with E-state index in [0.29, 0.717) is 18.1 Å². The molecule has 4 rings (SSSR count). The number of benzene rings is 2. The van der Waals surface area contributed by atoms with Crippen LogP contribution in [-0.2, 0) is 0 Å². The van der Waals surface area contributed by atoms with Crippen molar-refractivity contribution in [3.63, 3.8) is 0 Å². The molecule has 6 heteroatoms. The molecule has 2 aromatic carbocycles. The standard InChI is InChI=1S/C24H25FN4O/c1-28(2)24-26-15-21(17-10-12-20(25)13-11-17)22(27-24)19-9-6-14-29(16-19)23(30)18-7-4-3-5-8-18/h3-5,7-8,10-13,15,19H,6,9,14,16H2,1-2H3/t19-/m1/s1. The lowest BCUT2D eigenvalue weighted by molar-refractivity contribution is 0.0706. The van der Waals surface area contributed by atoms with Gasteiger partial charge < -0.3 is 9.80 Å². The predicted molar refractivity (Wildman–Crippen MR) is 116 cm³/mol. The van der Waals surface area contributed by atoms with Crippen LogP contribution in [0.4, 0.5) is 10.3 Å². The first kappa shape index (κ1) is 20.0. The van der Waals surface area contributed by atoms with Crippen LogP contribution in [0.25, 0.3) is 11.1 Å². The van der Waals surface area contributed by atoms with E-state index in [4.69, 9.17) is 4.98 Å². The maximum Gasteiger partial charge on any atom is 0.253 e. The van der Waals surface area contributed by atoms with Gasteiger partial charge in [0.2, 0.25) is 5.95 Å². The van der Waals surface area contributed by atoms with Crippen molar-refractivity contribution in [1.29, 1.82) is 0 Å². The van der Waals surface area contributed by atoms with Crippen LogP contribution in [0.5, 0.6) is 0 Å². The summed E-state index contributed by atoms with van der Waals surface area (Å²) in [4.78, 5) is 26.1. The van der Waals surface area contributed by atoms with Gasteiger partial charge in [0.25, 0.3) is 5.91 Å². The van der Waals surface area contributed by atoms with E-state index in [9.17, 15) is 9.18 Å². The Balaban J connectivity index is 1.68. The van der Waals surface area contributed by atoms with E-state index >= 15 is 0 Å². The first-order chi connectivity index (χ1) is 14.5. The second-order valence-corrected chi connectivity index (χ2v) is 7.83. The first-order valence-corrected chi connectivity index (χ1v) is 10.2. The van der Waals surface area contributed by atoms with Gasteiger partial charge in [0.1, 0.15) is 5.82 Å². The molecule has 1 fully saturated rings. The van der Waals surface area contributed by atoms with Crippen LogP contribution >= 0.6 is 0 Å². The summed E-state index contributed by atoms with van der Waals surface area (Å²) < 4.78 is 13.4. The smallest absolute Gasteiger partial charge is 0.253 e. The number of hydrogen-bond acceptors (Lipinski definition) is 4. The number of rotatable bonds is 4. The largest absolute Gasteiger partial charge is 0.347 e. The van der Waals surface area contributed by atoms with E-state index in [1.165, 1.54) is 12.1 Å². The minimum Gasteiger partial charge on any atom is -0.347 e. The number of carbonyl (C=O) groups is 1. The molecule has 0 saturated carbocycles. The van der Waals surface area contributed by atoms with E-state index in [1.807, 2.05) is 60.4 Å². The number of likely N-dealkylation sites (tertiary alicyclic amines) is 1. The highest BCUT2D eigenvalue weighted by Gasteiger charge is 2.28. The van der Waals surface area contributed by atoms with E-state index in [1.54, 1.807) is 12.1 Å². The average molecular weight is 404 g/mol. The third-order valence-electron chi connectivity index (χ3n) is 5.48. The summed E-state index contributed by atoms with van der Waals surface area (Å²) in [5, 5.41) is 0. The lowest BCUT2D eigenvalue weighted by atomic mass is 9.89. The van der Waals surface area contributed by atoms with Crippen molar-refractivity contribution in [2.24, 2.45) is 0 Å². The molecule has 0 N–H and O–H groups in total. The number of nitrogens with zero attached hydrogens (tertiary/aromatic N) is 4. The minimum atomic E-state index is -0.275. The molecule has 0 spiro atoms. The molecule has 1 aromatic heterocycles. The minimum absolute atomic E-state index is 0.0468. The maximum atomic E-state index is 13.4. The molecule has 154 valence electrons. The van der Waals surface area contributed by atoms with Gasteiger partial charge in [-0.2, -0.15) is 0 Å². The van der Waals surface area contributed by atoms with Crippen molar-refractivity contribution in [2.45, 2.75) is 18.8 Å². The van der Waals surface area contributed by atoms with Crippen LogP contribution in [0.3, 0.4) is 0 Å². The fourth-order valence-electron chi connectivity index (χ4n) is 3.91. The van der Waals surface area contributed by atoms with E-state index in [2.05, 4.69) is 4.98 Å². The second kappa shape index (κ2) is 8.61. The zero-order valence-electron chi connectivity index (χ0n) is 17.3.